The van der Waals surface area contributed by atoms with E-state index in [4.69, 9.17) is 0 Å². The molecule has 5 rings (SSSR count). The maximum absolute atomic E-state index is 13.8. The second kappa shape index (κ2) is 8.95. The van der Waals surface area contributed by atoms with Crippen molar-refractivity contribution in [2.45, 2.75) is 70.6 Å². The van der Waals surface area contributed by atoms with E-state index in [1.165, 1.54) is 6.07 Å². The zero-order valence-electron chi connectivity index (χ0n) is 19.5. The third kappa shape index (κ3) is 4.44. The molecule has 1 aromatic rings. The van der Waals surface area contributed by atoms with Crippen LogP contribution in [0, 0.1) is 11.3 Å². The van der Waals surface area contributed by atoms with E-state index in [0.29, 0.717) is 30.1 Å². The molecular formula is C26H31F3N4O. The van der Waals surface area contributed by atoms with Gasteiger partial charge in [-0.1, -0.05) is 18.6 Å². The molecule has 0 saturated heterocycles. The lowest BCUT2D eigenvalue weighted by molar-refractivity contribution is -0.144. The van der Waals surface area contributed by atoms with Crippen LogP contribution in [0.15, 0.2) is 40.7 Å². The third-order valence-electron chi connectivity index (χ3n) is 8.04. The summed E-state index contributed by atoms with van der Waals surface area (Å²) in [5, 5.41) is 3.66. The monoisotopic (exact) mass is 472 g/mol. The molecule has 1 N–H and O–H groups in total. The number of rotatable bonds is 4. The van der Waals surface area contributed by atoms with Gasteiger partial charge in [0.2, 0.25) is 5.91 Å². The smallest absolute Gasteiger partial charge is 0.337 e. The number of carbonyl (C=O) groups is 1. The molecule has 1 amide bonds. The minimum absolute atomic E-state index is 0.123. The molecule has 3 atom stereocenters. The molecule has 2 saturated carbocycles. The van der Waals surface area contributed by atoms with Gasteiger partial charge in [-0.3, -0.25) is 14.8 Å². The highest BCUT2D eigenvalue weighted by Gasteiger charge is 2.56. The van der Waals surface area contributed by atoms with Crippen molar-refractivity contribution in [3.05, 3.63) is 52.5 Å². The molecule has 5 nitrogen and oxygen atoms in total. The number of amides is 1. The number of aromatic nitrogens is 1. The Kier molecular flexibility index (Phi) is 6.12. The summed E-state index contributed by atoms with van der Waals surface area (Å²) in [6, 6.07) is 1.43. The maximum Gasteiger partial charge on any atom is 0.417 e. The van der Waals surface area contributed by atoms with Crippen LogP contribution < -0.4 is 5.32 Å². The fourth-order valence-electron chi connectivity index (χ4n) is 6.27. The van der Waals surface area contributed by atoms with Crippen LogP contribution in [0.5, 0.6) is 0 Å². The van der Waals surface area contributed by atoms with Crippen molar-refractivity contribution in [2.75, 3.05) is 13.1 Å². The summed E-state index contributed by atoms with van der Waals surface area (Å²) in [5.74, 6) is 0.455. The van der Waals surface area contributed by atoms with E-state index in [1.54, 1.807) is 4.90 Å². The molecule has 0 spiro atoms. The second-order valence-electron chi connectivity index (χ2n) is 10.2. The Morgan fingerprint density at radius 3 is 3.00 bits per heavy atom. The SMILES string of the molecule is CC1=CCC=C(CNC2CC3CCCC3(C(=O)N3CCc4ncc(C(F)(F)F)cc4C3)C2)C=N1. The number of hydrogen-bond donors (Lipinski definition) is 1. The lowest BCUT2D eigenvalue weighted by Crippen LogP contribution is -2.47. The van der Waals surface area contributed by atoms with E-state index in [9.17, 15) is 18.0 Å². The first-order chi connectivity index (χ1) is 16.2. The van der Waals surface area contributed by atoms with E-state index in [2.05, 4.69) is 27.4 Å². The first kappa shape index (κ1) is 23.3. The summed E-state index contributed by atoms with van der Waals surface area (Å²) in [7, 11) is 0. The van der Waals surface area contributed by atoms with Crippen molar-refractivity contribution in [1.29, 1.82) is 0 Å². The largest absolute Gasteiger partial charge is 0.417 e. The highest BCUT2D eigenvalue weighted by Crippen LogP contribution is 2.55. The number of carbonyl (C=O) groups excluding carboxylic acids is 1. The average molecular weight is 473 g/mol. The van der Waals surface area contributed by atoms with E-state index in [-0.39, 0.29) is 18.5 Å². The molecule has 0 radical (unpaired) electrons. The number of allylic oxidation sites excluding steroid dienone is 3. The van der Waals surface area contributed by atoms with Crippen LogP contribution in [0.2, 0.25) is 0 Å². The van der Waals surface area contributed by atoms with Crippen molar-refractivity contribution < 1.29 is 18.0 Å². The Bertz CT molecular complexity index is 1060. The highest BCUT2D eigenvalue weighted by molar-refractivity contribution is 5.84. The standard InChI is InChI=1S/C26H31F3N4O/c1-17-4-2-5-18(13-30-17)14-31-22-11-20-6-3-8-25(20,12-22)24(34)33-9-7-23-19(16-33)10-21(15-32-23)26(27,28)29/h4-5,10,13,15,20,22,31H,2-3,6-9,11-12,14,16H2,1H3. The van der Waals surface area contributed by atoms with Crippen molar-refractivity contribution >= 4 is 12.1 Å². The molecule has 2 fully saturated rings. The molecule has 3 heterocycles. The number of alkyl halides is 3. The van der Waals surface area contributed by atoms with E-state index in [1.807, 2.05) is 13.1 Å². The Morgan fingerprint density at radius 2 is 2.18 bits per heavy atom. The maximum atomic E-state index is 13.8. The molecule has 1 aromatic heterocycles. The number of pyridine rings is 1. The predicted molar refractivity (Wildman–Crippen MR) is 124 cm³/mol. The predicted octanol–water partition coefficient (Wildman–Crippen LogP) is 4.83. The fourth-order valence-corrected chi connectivity index (χ4v) is 6.27. The highest BCUT2D eigenvalue weighted by atomic mass is 19.4. The van der Waals surface area contributed by atoms with Gasteiger partial charge < -0.3 is 10.2 Å². The van der Waals surface area contributed by atoms with Crippen LogP contribution in [0.4, 0.5) is 13.2 Å². The van der Waals surface area contributed by atoms with E-state index < -0.39 is 17.2 Å². The van der Waals surface area contributed by atoms with Crippen LogP contribution in [0.1, 0.15) is 62.3 Å². The van der Waals surface area contributed by atoms with Gasteiger partial charge in [-0.25, -0.2) is 0 Å². The van der Waals surface area contributed by atoms with Crippen molar-refractivity contribution in [3.8, 4) is 0 Å². The summed E-state index contributed by atoms with van der Waals surface area (Å²) in [5.41, 5.74) is 2.24. The molecule has 4 aliphatic rings. The van der Waals surface area contributed by atoms with Gasteiger partial charge in [0.1, 0.15) is 0 Å². The molecule has 8 heteroatoms. The number of aliphatic imine (C=N–C) groups is 1. The van der Waals surface area contributed by atoms with Gasteiger partial charge in [0.05, 0.1) is 11.0 Å². The lowest BCUT2D eigenvalue weighted by Gasteiger charge is -2.37. The quantitative estimate of drug-likeness (QED) is 0.683. The Balaban J connectivity index is 1.27. The molecule has 3 unspecified atom stereocenters. The molecule has 2 aliphatic heterocycles. The summed E-state index contributed by atoms with van der Waals surface area (Å²) in [6.45, 7) is 3.46. The molecule has 0 bridgehead atoms. The summed E-state index contributed by atoms with van der Waals surface area (Å²) >= 11 is 0. The zero-order valence-corrected chi connectivity index (χ0v) is 19.5. The Hall–Kier alpha value is -2.48. The normalized spacial score (nSPS) is 28.8. The zero-order chi connectivity index (χ0) is 23.9. The van der Waals surface area contributed by atoms with Crippen LogP contribution in [0.3, 0.4) is 0 Å². The minimum Gasteiger partial charge on any atom is -0.337 e. The van der Waals surface area contributed by atoms with Gasteiger partial charge in [0.15, 0.2) is 0 Å². The Morgan fingerprint density at radius 1 is 1.32 bits per heavy atom. The summed E-state index contributed by atoms with van der Waals surface area (Å²) < 4.78 is 39.6. The average Bonchev–Trinajstić information content (AvgIpc) is 3.29. The number of hydrogen-bond acceptors (Lipinski definition) is 4. The van der Waals surface area contributed by atoms with Gasteiger partial charge in [0.25, 0.3) is 0 Å². The number of nitrogens with one attached hydrogen (secondary N) is 1. The van der Waals surface area contributed by atoms with Crippen LogP contribution in [-0.2, 0) is 23.9 Å². The molecule has 34 heavy (non-hydrogen) atoms. The Labute approximate surface area is 198 Å². The minimum atomic E-state index is -4.43. The van der Waals surface area contributed by atoms with Gasteiger partial charge in [-0.05, 0) is 62.1 Å². The van der Waals surface area contributed by atoms with Gasteiger partial charge in [-0.15, -0.1) is 0 Å². The number of halogens is 3. The van der Waals surface area contributed by atoms with Crippen molar-refractivity contribution in [3.63, 3.8) is 0 Å². The van der Waals surface area contributed by atoms with Gasteiger partial charge in [-0.2, -0.15) is 13.2 Å². The first-order valence-corrected chi connectivity index (χ1v) is 12.2. The molecule has 2 aliphatic carbocycles. The second-order valence-corrected chi connectivity index (χ2v) is 10.2. The fraction of sp³-hybridized carbons (Fsp3) is 0.577. The molecular weight excluding hydrogens is 441 g/mol. The van der Waals surface area contributed by atoms with Crippen molar-refractivity contribution in [2.24, 2.45) is 16.3 Å². The van der Waals surface area contributed by atoms with Gasteiger partial charge in [0, 0.05) is 55.9 Å². The van der Waals surface area contributed by atoms with E-state index >= 15 is 0 Å². The third-order valence-corrected chi connectivity index (χ3v) is 8.04. The van der Waals surface area contributed by atoms with Crippen molar-refractivity contribution in [1.82, 2.24) is 15.2 Å². The topological polar surface area (TPSA) is 57.6 Å². The van der Waals surface area contributed by atoms with Crippen LogP contribution >= 0.6 is 0 Å². The number of fused-ring (bicyclic) bond motifs is 2. The molecule has 182 valence electrons. The lowest BCUT2D eigenvalue weighted by atomic mass is 9.78. The molecule has 0 aromatic carbocycles. The summed E-state index contributed by atoms with van der Waals surface area (Å²) in [6.07, 6.45) is 8.75. The van der Waals surface area contributed by atoms with Gasteiger partial charge >= 0.3 is 6.18 Å². The van der Waals surface area contributed by atoms with Crippen LogP contribution in [-0.4, -0.2) is 41.1 Å². The van der Waals surface area contributed by atoms with E-state index in [0.717, 1.165) is 62.5 Å². The first-order valence-electron chi connectivity index (χ1n) is 12.2. The van der Waals surface area contributed by atoms with Crippen LogP contribution in [0.25, 0.3) is 0 Å². The summed E-state index contributed by atoms with van der Waals surface area (Å²) in [4.78, 5) is 24.1. The number of nitrogens with zero attached hydrogens (tertiary/aromatic N) is 3.